The lowest BCUT2D eigenvalue weighted by Gasteiger charge is -2.15. The van der Waals surface area contributed by atoms with E-state index in [0.29, 0.717) is 5.56 Å². The molecule has 0 saturated heterocycles. The summed E-state index contributed by atoms with van der Waals surface area (Å²) in [5, 5.41) is 7.13. The Hall–Kier alpha value is -2.95. The highest BCUT2D eigenvalue weighted by molar-refractivity contribution is 5.95. The highest BCUT2D eigenvalue weighted by Crippen LogP contribution is 2.21. The van der Waals surface area contributed by atoms with Crippen LogP contribution >= 0.6 is 0 Å². The molecule has 1 amide bonds. The predicted molar refractivity (Wildman–Crippen MR) is 93.5 cm³/mol. The number of aromatic nitrogens is 3. The van der Waals surface area contributed by atoms with Gasteiger partial charge in [0, 0.05) is 25.1 Å². The van der Waals surface area contributed by atoms with Gasteiger partial charge in [-0.25, -0.2) is 0 Å². The summed E-state index contributed by atoms with van der Waals surface area (Å²) in [7, 11) is 1.83. The summed E-state index contributed by atoms with van der Waals surface area (Å²) in [6.07, 6.45) is 5.20. The Labute approximate surface area is 141 Å². The average molecular weight is 320 g/mol. The fraction of sp³-hybridized carbons (Fsp3) is 0.211. The van der Waals surface area contributed by atoms with Crippen molar-refractivity contribution in [1.82, 2.24) is 20.1 Å². The Morgan fingerprint density at radius 3 is 2.46 bits per heavy atom. The Morgan fingerprint density at radius 1 is 1.12 bits per heavy atom. The zero-order valence-corrected chi connectivity index (χ0v) is 14.0. The SMILES string of the molecule is Cc1c(C(=O)N[C@H](C)c2ccc(-c3cccnc3)cc2)cnn1C. The number of benzene rings is 1. The van der Waals surface area contributed by atoms with Gasteiger partial charge in [-0.2, -0.15) is 5.10 Å². The van der Waals surface area contributed by atoms with Gasteiger partial charge >= 0.3 is 0 Å². The normalized spacial score (nSPS) is 12.0. The lowest BCUT2D eigenvalue weighted by atomic mass is 10.0. The van der Waals surface area contributed by atoms with Gasteiger partial charge in [0.25, 0.3) is 5.91 Å². The molecule has 5 heteroatoms. The number of carbonyl (C=O) groups excluding carboxylic acids is 1. The van der Waals surface area contributed by atoms with Crippen LogP contribution in [0.5, 0.6) is 0 Å². The van der Waals surface area contributed by atoms with Crippen LogP contribution < -0.4 is 5.32 Å². The zero-order chi connectivity index (χ0) is 17.1. The molecule has 1 atom stereocenters. The molecule has 2 aromatic heterocycles. The molecule has 5 nitrogen and oxygen atoms in total. The van der Waals surface area contributed by atoms with Gasteiger partial charge in [-0.15, -0.1) is 0 Å². The monoisotopic (exact) mass is 320 g/mol. The van der Waals surface area contributed by atoms with Crippen LogP contribution in [-0.2, 0) is 7.05 Å². The van der Waals surface area contributed by atoms with Crippen molar-refractivity contribution < 1.29 is 4.79 Å². The number of rotatable bonds is 4. The minimum absolute atomic E-state index is 0.0833. The van der Waals surface area contributed by atoms with Crippen LogP contribution in [0.4, 0.5) is 0 Å². The summed E-state index contributed by atoms with van der Waals surface area (Å²) in [4.78, 5) is 16.5. The van der Waals surface area contributed by atoms with Crippen molar-refractivity contribution in [2.24, 2.45) is 7.05 Å². The summed E-state index contributed by atoms with van der Waals surface area (Å²) < 4.78 is 1.70. The molecular weight excluding hydrogens is 300 g/mol. The Bertz CT molecular complexity index is 838. The minimum atomic E-state index is -0.107. The third-order valence-electron chi connectivity index (χ3n) is 4.23. The second-order valence-corrected chi connectivity index (χ2v) is 5.83. The summed E-state index contributed by atoms with van der Waals surface area (Å²) in [5.74, 6) is -0.107. The van der Waals surface area contributed by atoms with Crippen LogP contribution in [0.2, 0.25) is 0 Å². The molecule has 0 saturated carbocycles. The van der Waals surface area contributed by atoms with E-state index in [4.69, 9.17) is 0 Å². The number of nitrogens with one attached hydrogen (secondary N) is 1. The van der Waals surface area contributed by atoms with E-state index in [1.54, 1.807) is 17.1 Å². The van der Waals surface area contributed by atoms with E-state index in [9.17, 15) is 4.79 Å². The maximum absolute atomic E-state index is 12.4. The lowest BCUT2D eigenvalue weighted by molar-refractivity contribution is 0.0939. The van der Waals surface area contributed by atoms with Gasteiger partial charge in [0.1, 0.15) is 0 Å². The van der Waals surface area contributed by atoms with E-state index >= 15 is 0 Å². The topological polar surface area (TPSA) is 59.8 Å². The molecule has 0 unspecified atom stereocenters. The van der Waals surface area contributed by atoms with E-state index in [1.807, 2.05) is 63.5 Å². The summed E-state index contributed by atoms with van der Waals surface area (Å²) in [6.45, 7) is 3.86. The van der Waals surface area contributed by atoms with E-state index < -0.39 is 0 Å². The largest absolute Gasteiger partial charge is 0.345 e. The summed E-state index contributed by atoms with van der Waals surface area (Å²) in [6, 6.07) is 12.0. The molecule has 1 N–H and O–H groups in total. The van der Waals surface area contributed by atoms with Crippen LogP contribution in [0.15, 0.2) is 55.0 Å². The van der Waals surface area contributed by atoms with Crippen LogP contribution in [-0.4, -0.2) is 20.7 Å². The molecule has 0 radical (unpaired) electrons. The maximum Gasteiger partial charge on any atom is 0.255 e. The van der Waals surface area contributed by atoms with Gasteiger partial charge in [0.2, 0.25) is 0 Å². The fourth-order valence-corrected chi connectivity index (χ4v) is 2.58. The molecule has 0 spiro atoms. The van der Waals surface area contributed by atoms with Crippen LogP contribution in [0, 0.1) is 6.92 Å². The van der Waals surface area contributed by atoms with Crippen molar-refractivity contribution in [1.29, 1.82) is 0 Å². The molecule has 0 aliphatic heterocycles. The number of hydrogen-bond donors (Lipinski definition) is 1. The molecule has 3 rings (SSSR count). The molecule has 0 fully saturated rings. The average Bonchev–Trinajstić information content (AvgIpc) is 2.95. The molecule has 0 bridgehead atoms. The first kappa shape index (κ1) is 15.9. The van der Waals surface area contributed by atoms with Crippen molar-refractivity contribution in [2.75, 3.05) is 0 Å². The Morgan fingerprint density at radius 2 is 1.88 bits per heavy atom. The van der Waals surface area contributed by atoms with Crippen molar-refractivity contribution >= 4 is 5.91 Å². The number of amides is 1. The third kappa shape index (κ3) is 3.20. The molecule has 1 aromatic carbocycles. The second kappa shape index (κ2) is 6.66. The molecule has 3 aromatic rings. The van der Waals surface area contributed by atoms with Crippen molar-refractivity contribution in [3.63, 3.8) is 0 Å². The second-order valence-electron chi connectivity index (χ2n) is 5.83. The van der Waals surface area contributed by atoms with Crippen LogP contribution in [0.3, 0.4) is 0 Å². The predicted octanol–water partition coefficient (Wildman–Crippen LogP) is 3.28. The Kier molecular flexibility index (Phi) is 4.42. The number of pyridine rings is 1. The maximum atomic E-state index is 12.4. The first-order chi connectivity index (χ1) is 11.6. The highest BCUT2D eigenvalue weighted by Gasteiger charge is 2.16. The van der Waals surface area contributed by atoms with Gasteiger partial charge in [0.05, 0.1) is 17.8 Å². The molecule has 24 heavy (non-hydrogen) atoms. The molecule has 0 aliphatic rings. The number of hydrogen-bond acceptors (Lipinski definition) is 3. The highest BCUT2D eigenvalue weighted by atomic mass is 16.1. The molecule has 122 valence electrons. The van der Waals surface area contributed by atoms with Gasteiger partial charge < -0.3 is 5.32 Å². The zero-order valence-electron chi connectivity index (χ0n) is 14.0. The smallest absolute Gasteiger partial charge is 0.255 e. The summed E-state index contributed by atoms with van der Waals surface area (Å²) in [5.41, 5.74) is 4.70. The quantitative estimate of drug-likeness (QED) is 0.802. The molecule has 0 aliphatic carbocycles. The van der Waals surface area contributed by atoms with Gasteiger partial charge in [-0.1, -0.05) is 30.3 Å². The van der Waals surface area contributed by atoms with Crippen LogP contribution in [0.1, 0.15) is 34.6 Å². The Balaban J connectivity index is 1.72. The van der Waals surface area contributed by atoms with E-state index in [1.165, 1.54) is 0 Å². The van der Waals surface area contributed by atoms with E-state index in [0.717, 1.165) is 22.4 Å². The number of carbonyl (C=O) groups is 1. The van der Waals surface area contributed by atoms with E-state index in [-0.39, 0.29) is 11.9 Å². The third-order valence-corrected chi connectivity index (χ3v) is 4.23. The first-order valence-electron chi connectivity index (χ1n) is 7.86. The van der Waals surface area contributed by atoms with Crippen molar-refractivity contribution in [3.05, 3.63) is 71.8 Å². The van der Waals surface area contributed by atoms with Gasteiger partial charge in [-0.3, -0.25) is 14.5 Å². The standard InChI is InChI=1S/C19H20N4O/c1-13(22-19(24)18-12-21-23(3)14(18)2)15-6-8-16(9-7-15)17-5-4-10-20-11-17/h4-13H,1-3H3,(H,22,24)/t13-/m1/s1. The van der Waals surface area contributed by atoms with Gasteiger partial charge in [0.15, 0.2) is 0 Å². The minimum Gasteiger partial charge on any atom is -0.345 e. The molecule has 2 heterocycles. The van der Waals surface area contributed by atoms with E-state index in [2.05, 4.69) is 15.4 Å². The van der Waals surface area contributed by atoms with Crippen LogP contribution in [0.25, 0.3) is 11.1 Å². The van der Waals surface area contributed by atoms with Crippen molar-refractivity contribution in [3.8, 4) is 11.1 Å². The summed E-state index contributed by atoms with van der Waals surface area (Å²) >= 11 is 0. The lowest BCUT2D eigenvalue weighted by Crippen LogP contribution is -2.27. The number of nitrogens with zero attached hydrogens (tertiary/aromatic N) is 3. The van der Waals surface area contributed by atoms with Gasteiger partial charge in [-0.05, 0) is 36.6 Å². The number of aryl methyl sites for hydroxylation is 1. The fourth-order valence-electron chi connectivity index (χ4n) is 2.58. The molecular formula is C19H20N4O. The van der Waals surface area contributed by atoms with Crippen molar-refractivity contribution in [2.45, 2.75) is 19.9 Å². The first-order valence-corrected chi connectivity index (χ1v) is 7.86.